The van der Waals surface area contributed by atoms with Crippen LogP contribution in [0.2, 0.25) is 0 Å². The molecule has 0 spiro atoms. The van der Waals surface area contributed by atoms with Gasteiger partial charge in [0.05, 0.1) is 11.5 Å². The largest absolute Gasteiger partial charge is 0.494 e. The third kappa shape index (κ3) is 5.30. The SMILES string of the molecule is O=C(CCCOc1ccccc1)N1CCN(S(=O)(=O)c2ccc(F)c(F)c2)CC1. The number of amides is 1. The van der Waals surface area contributed by atoms with Crippen molar-refractivity contribution in [3.63, 3.8) is 0 Å². The lowest BCUT2D eigenvalue weighted by Crippen LogP contribution is -2.50. The van der Waals surface area contributed by atoms with Gasteiger partial charge in [0.1, 0.15) is 5.75 Å². The van der Waals surface area contributed by atoms with Crippen LogP contribution in [0.1, 0.15) is 12.8 Å². The number of rotatable bonds is 7. The van der Waals surface area contributed by atoms with Gasteiger partial charge >= 0.3 is 0 Å². The Bertz CT molecular complexity index is 946. The van der Waals surface area contributed by atoms with Crippen LogP contribution in [-0.4, -0.2) is 56.3 Å². The van der Waals surface area contributed by atoms with E-state index in [1.54, 1.807) is 4.90 Å². The lowest BCUT2D eigenvalue weighted by molar-refractivity contribution is -0.132. The maximum Gasteiger partial charge on any atom is 0.243 e. The van der Waals surface area contributed by atoms with E-state index in [9.17, 15) is 22.0 Å². The summed E-state index contributed by atoms with van der Waals surface area (Å²) in [5.41, 5.74) is 0. The first kappa shape index (κ1) is 21.2. The second kappa shape index (κ2) is 9.32. The Kier molecular flexibility index (Phi) is 6.81. The molecule has 1 amide bonds. The normalized spacial score (nSPS) is 15.3. The van der Waals surface area contributed by atoms with Gasteiger partial charge in [-0.3, -0.25) is 4.79 Å². The number of ether oxygens (including phenoxy) is 1. The molecule has 156 valence electrons. The maximum atomic E-state index is 13.4. The van der Waals surface area contributed by atoms with Crippen molar-refractivity contribution in [2.75, 3.05) is 32.8 Å². The van der Waals surface area contributed by atoms with E-state index < -0.39 is 21.7 Å². The van der Waals surface area contributed by atoms with Crippen LogP contribution in [0.3, 0.4) is 0 Å². The molecule has 29 heavy (non-hydrogen) atoms. The Hall–Kier alpha value is -2.52. The van der Waals surface area contributed by atoms with Gasteiger partial charge in [0.25, 0.3) is 0 Å². The Morgan fingerprint density at radius 3 is 2.31 bits per heavy atom. The second-order valence-corrected chi connectivity index (χ2v) is 8.56. The van der Waals surface area contributed by atoms with Gasteiger partial charge in [0, 0.05) is 32.6 Å². The van der Waals surface area contributed by atoms with E-state index in [1.807, 2.05) is 30.3 Å². The zero-order valence-electron chi connectivity index (χ0n) is 15.8. The van der Waals surface area contributed by atoms with Crippen LogP contribution in [0.15, 0.2) is 53.4 Å². The third-order valence-electron chi connectivity index (χ3n) is 4.67. The van der Waals surface area contributed by atoms with Crippen molar-refractivity contribution in [1.29, 1.82) is 0 Å². The van der Waals surface area contributed by atoms with Crippen LogP contribution in [-0.2, 0) is 14.8 Å². The molecule has 1 aliphatic heterocycles. The smallest absolute Gasteiger partial charge is 0.243 e. The molecule has 0 unspecified atom stereocenters. The quantitative estimate of drug-likeness (QED) is 0.641. The summed E-state index contributed by atoms with van der Waals surface area (Å²) >= 11 is 0. The predicted octanol–water partition coefficient (Wildman–Crippen LogP) is 2.66. The number of halogens is 2. The minimum atomic E-state index is -3.93. The van der Waals surface area contributed by atoms with E-state index in [1.165, 1.54) is 4.31 Å². The van der Waals surface area contributed by atoms with E-state index in [0.29, 0.717) is 25.5 Å². The minimum Gasteiger partial charge on any atom is -0.494 e. The zero-order chi connectivity index (χ0) is 20.9. The highest BCUT2D eigenvalue weighted by atomic mass is 32.2. The monoisotopic (exact) mass is 424 g/mol. The molecule has 6 nitrogen and oxygen atoms in total. The second-order valence-electron chi connectivity index (χ2n) is 6.63. The van der Waals surface area contributed by atoms with E-state index >= 15 is 0 Å². The van der Waals surface area contributed by atoms with Gasteiger partial charge in [-0.25, -0.2) is 17.2 Å². The number of carbonyl (C=O) groups is 1. The lowest BCUT2D eigenvalue weighted by atomic mass is 10.2. The van der Waals surface area contributed by atoms with E-state index in [0.717, 1.165) is 17.9 Å². The lowest BCUT2D eigenvalue weighted by Gasteiger charge is -2.34. The molecule has 2 aromatic rings. The van der Waals surface area contributed by atoms with Crippen LogP contribution in [0, 0.1) is 11.6 Å². The van der Waals surface area contributed by atoms with Crippen LogP contribution in [0.25, 0.3) is 0 Å². The highest BCUT2D eigenvalue weighted by Gasteiger charge is 2.30. The van der Waals surface area contributed by atoms with Gasteiger partial charge in [-0.15, -0.1) is 0 Å². The molecule has 1 saturated heterocycles. The number of piperazine rings is 1. The number of nitrogens with zero attached hydrogens (tertiary/aromatic N) is 2. The summed E-state index contributed by atoms with van der Waals surface area (Å²) in [6, 6.07) is 11.8. The number of para-hydroxylation sites is 1. The molecule has 0 atom stereocenters. The summed E-state index contributed by atoms with van der Waals surface area (Å²) in [5, 5.41) is 0. The van der Waals surface area contributed by atoms with Crippen molar-refractivity contribution < 1.29 is 26.7 Å². The van der Waals surface area contributed by atoms with Crippen LogP contribution in [0.5, 0.6) is 5.75 Å². The van der Waals surface area contributed by atoms with Crippen molar-refractivity contribution in [2.45, 2.75) is 17.7 Å². The number of carbonyl (C=O) groups excluding carboxylic acids is 1. The average Bonchev–Trinajstić information content (AvgIpc) is 2.74. The first-order valence-corrected chi connectivity index (χ1v) is 10.7. The summed E-state index contributed by atoms with van der Waals surface area (Å²) in [6.45, 7) is 1.13. The van der Waals surface area contributed by atoms with Gasteiger partial charge in [0.2, 0.25) is 15.9 Å². The minimum absolute atomic E-state index is 0.0634. The Morgan fingerprint density at radius 1 is 0.966 bits per heavy atom. The molecule has 0 N–H and O–H groups in total. The van der Waals surface area contributed by atoms with Gasteiger partial charge in [-0.05, 0) is 36.8 Å². The third-order valence-corrected chi connectivity index (χ3v) is 6.56. The van der Waals surface area contributed by atoms with Gasteiger partial charge in [0.15, 0.2) is 11.6 Å². The Balaban J connectivity index is 1.46. The van der Waals surface area contributed by atoms with Crippen LogP contribution < -0.4 is 4.74 Å². The first-order valence-electron chi connectivity index (χ1n) is 9.29. The van der Waals surface area contributed by atoms with Gasteiger partial charge in [-0.2, -0.15) is 4.31 Å². The molecule has 0 saturated carbocycles. The van der Waals surface area contributed by atoms with E-state index in [-0.39, 0.29) is 37.0 Å². The molecule has 0 bridgehead atoms. The molecule has 0 aliphatic carbocycles. The summed E-state index contributed by atoms with van der Waals surface area (Å²) in [7, 11) is -3.93. The van der Waals surface area contributed by atoms with Crippen molar-refractivity contribution in [2.24, 2.45) is 0 Å². The highest BCUT2D eigenvalue weighted by molar-refractivity contribution is 7.89. The van der Waals surface area contributed by atoms with Gasteiger partial charge < -0.3 is 9.64 Å². The zero-order valence-corrected chi connectivity index (χ0v) is 16.6. The predicted molar refractivity (Wildman–Crippen MR) is 103 cm³/mol. The highest BCUT2D eigenvalue weighted by Crippen LogP contribution is 2.20. The summed E-state index contributed by atoms with van der Waals surface area (Å²) in [5.74, 6) is -1.63. The molecule has 9 heteroatoms. The van der Waals surface area contributed by atoms with Crippen LogP contribution in [0.4, 0.5) is 8.78 Å². The number of hydrogen-bond donors (Lipinski definition) is 0. The molecule has 1 heterocycles. The maximum absolute atomic E-state index is 13.4. The molecule has 3 rings (SSSR count). The number of benzene rings is 2. The molecule has 1 aliphatic rings. The molecule has 0 aromatic heterocycles. The average molecular weight is 424 g/mol. The van der Waals surface area contributed by atoms with Crippen molar-refractivity contribution in [3.8, 4) is 5.75 Å². The summed E-state index contributed by atoms with van der Waals surface area (Å²) in [4.78, 5) is 13.6. The van der Waals surface area contributed by atoms with Gasteiger partial charge in [-0.1, -0.05) is 18.2 Å². The Labute approximate surface area is 168 Å². The summed E-state index contributed by atoms with van der Waals surface area (Å²) < 4.78 is 58.4. The standard InChI is InChI=1S/C20H22F2N2O4S/c21-18-9-8-17(15-19(18)22)29(26,27)24-12-10-23(11-13-24)20(25)7-4-14-28-16-5-2-1-3-6-16/h1-3,5-6,8-9,15H,4,7,10-14H2. The fourth-order valence-corrected chi connectivity index (χ4v) is 4.49. The van der Waals surface area contributed by atoms with Crippen molar-refractivity contribution in [1.82, 2.24) is 9.21 Å². The number of sulfonamides is 1. The van der Waals surface area contributed by atoms with Crippen molar-refractivity contribution >= 4 is 15.9 Å². The molecular weight excluding hydrogens is 402 g/mol. The van der Waals surface area contributed by atoms with E-state index in [2.05, 4.69) is 0 Å². The number of hydrogen-bond acceptors (Lipinski definition) is 4. The topological polar surface area (TPSA) is 66.9 Å². The molecule has 1 fully saturated rings. The fourth-order valence-electron chi connectivity index (χ4n) is 3.05. The van der Waals surface area contributed by atoms with E-state index in [4.69, 9.17) is 4.74 Å². The summed E-state index contributed by atoms with van der Waals surface area (Å²) in [6.07, 6.45) is 0.865. The Morgan fingerprint density at radius 2 is 1.66 bits per heavy atom. The van der Waals surface area contributed by atoms with Crippen LogP contribution >= 0.6 is 0 Å². The fraction of sp³-hybridized carbons (Fsp3) is 0.350. The van der Waals surface area contributed by atoms with Crippen molar-refractivity contribution in [3.05, 3.63) is 60.2 Å². The molecular formula is C20H22F2N2O4S. The molecule has 0 radical (unpaired) electrons. The molecule has 2 aromatic carbocycles. The first-order chi connectivity index (χ1) is 13.9.